The molecule has 80 valence electrons. The van der Waals surface area contributed by atoms with Crippen molar-refractivity contribution in [3.8, 4) is 5.75 Å². The van der Waals surface area contributed by atoms with Crippen molar-refractivity contribution in [1.29, 1.82) is 0 Å². The molecule has 0 radical (unpaired) electrons. The van der Waals surface area contributed by atoms with Crippen LogP contribution in [0.5, 0.6) is 5.75 Å². The predicted molar refractivity (Wildman–Crippen MR) is 56.1 cm³/mol. The summed E-state index contributed by atoms with van der Waals surface area (Å²) in [6, 6.07) is 2.96. The summed E-state index contributed by atoms with van der Waals surface area (Å²) in [4.78, 5) is 10.9. The van der Waals surface area contributed by atoms with Crippen LogP contribution in [0.1, 0.15) is 12.7 Å². The minimum Gasteiger partial charge on any atom is -0.489 e. The molecule has 1 unspecified atom stereocenters. The van der Waals surface area contributed by atoms with E-state index in [9.17, 15) is 4.79 Å². The van der Waals surface area contributed by atoms with Crippen molar-refractivity contribution < 1.29 is 9.15 Å². The van der Waals surface area contributed by atoms with Gasteiger partial charge in [-0.1, -0.05) is 0 Å². The first-order chi connectivity index (χ1) is 6.11. The van der Waals surface area contributed by atoms with E-state index in [1.165, 1.54) is 6.07 Å². The molecule has 1 atom stereocenters. The molecule has 1 heterocycles. The van der Waals surface area contributed by atoms with Crippen LogP contribution in [0.15, 0.2) is 21.3 Å². The van der Waals surface area contributed by atoms with E-state index in [0.717, 1.165) is 0 Å². The number of rotatable bonds is 3. The second kappa shape index (κ2) is 5.67. The van der Waals surface area contributed by atoms with Crippen LogP contribution >= 0.6 is 12.4 Å². The van der Waals surface area contributed by atoms with Gasteiger partial charge in [-0.2, -0.15) is 0 Å². The fourth-order valence-corrected chi connectivity index (χ4v) is 0.924. The first-order valence-corrected chi connectivity index (χ1v) is 4.10. The molecule has 2 N–H and O–H groups in total. The molecular weight excluding hydrogens is 206 g/mol. The molecular formula is C9H14ClNO3. The van der Waals surface area contributed by atoms with Crippen LogP contribution in [-0.2, 0) is 0 Å². The van der Waals surface area contributed by atoms with Crippen molar-refractivity contribution in [3.63, 3.8) is 0 Å². The Balaban J connectivity index is 0.00000169. The lowest BCUT2D eigenvalue weighted by atomic mass is 10.3. The summed E-state index contributed by atoms with van der Waals surface area (Å²) in [7, 11) is 0. The maximum atomic E-state index is 10.9. The lowest BCUT2D eigenvalue weighted by Gasteiger charge is -2.11. The summed E-state index contributed by atoms with van der Waals surface area (Å²) in [5, 5.41) is 0. The Bertz CT molecular complexity index is 337. The van der Waals surface area contributed by atoms with Gasteiger partial charge in [0, 0.05) is 12.6 Å². The molecule has 1 aromatic heterocycles. The third kappa shape index (κ3) is 3.81. The molecule has 1 rings (SSSR count). The molecule has 0 aromatic carbocycles. The topological polar surface area (TPSA) is 65.5 Å². The van der Waals surface area contributed by atoms with E-state index in [1.54, 1.807) is 13.0 Å². The Hall–Kier alpha value is -1.00. The van der Waals surface area contributed by atoms with E-state index in [-0.39, 0.29) is 18.5 Å². The zero-order valence-electron chi connectivity index (χ0n) is 8.15. The highest BCUT2D eigenvalue weighted by atomic mass is 35.5. The monoisotopic (exact) mass is 219 g/mol. The molecule has 0 aliphatic carbocycles. The predicted octanol–water partition coefficient (Wildman–Crippen LogP) is 1.10. The van der Waals surface area contributed by atoms with Gasteiger partial charge in [-0.15, -0.1) is 12.4 Å². The van der Waals surface area contributed by atoms with Gasteiger partial charge in [0.25, 0.3) is 0 Å². The Morgan fingerprint density at radius 3 is 2.71 bits per heavy atom. The minimum absolute atomic E-state index is 0. The van der Waals surface area contributed by atoms with Gasteiger partial charge in [-0.25, -0.2) is 4.79 Å². The molecule has 14 heavy (non-hydrogen) atoms. The van der Waals surface area contributed by atoms with Crippen molar-refractivity contribution in [1.82, 2.24) is 0 Å². The van der Waals surface area contributed by atoms with Crippen molar-refractivity contribution in [2.24, 2.45) is 5.73 Å². The molecule has 1 aromatic rings. The third-order valence-corrected chi connectivity index (χ3v) is 1.54. The molecule has 0 aliphatic heterocycles. The summed E-state index contributed by atoms with van der Waals surface area (Å²) in [5.74, 6) is 1.04. The second-order valence-electron chi connectivity index (χ2n) is 2.89. The molecule has 0 spiro atoms. The molecule has 0 fully saturated rings. The summed E-state index contributed by atoms with van der Waals surface area (Å²) in [6.07, 6.45) is -0.0961. The van der Waals surface area contributed by atoms with E-state index in [0.29, 0.717) is 18.1 Å². The van der Waals surface area contributed by atoms with Crippen molar-refractivity contribution in [2.75, 3.05) is 6.54 Å². The summed E-state index contributed by atoms with van der Waals surface area (Å²) >= 11 is 0. The number of halogens is 1. The summed E-state index contributed by atoms with van der Waals surface area (Å²) < 4.78 is 10.1. The van der Waals surface area contributed by atoms with Crippen molar-refractivity contribution in [3.05, 3.63) is 28.3 Å². The van der Waals surface area contributed by atoms with Crippen LogP contribution in [0, 0.1) is 6.92 Å². The highest BCUT2D eigenvalue weighted by Gasteiger charge is 2.03. The maximum Gasteiger partial charge on any atom is 0.339 e. The zero-order valence-corrected chi connectivity index (χ0v) is 8.97. The first-order valence-electron chi connectivity index (χ1n) is 4.10. The number of hydrogen-bond acceptors (Lipinski definition) is 4. The number of aryl methyl sites for hydroxylation is 1. The van der Waals surface area contributed by atoms with E-state index in [4.69, 9.17) is 14.9 Å². The van der Waals surface area contributed by atoms with E-state index >= 15 is 0 Å². The van der Waals surface area contributed by atoms with Gasteiger partial charge in [-0.05, 0) is 13.8 Å². The number of nitrogens with two attached hydrogens (primary N) is 1. The number of hydrogen-bond donors (Lipinski definition) is 1. The highest BCUT2D eigenvalue weighted by Crippen LogP contribution is 2.10. The van der Waals surface area contributed by atoms with Gasteiger partial charge in [0.1, 0.15) is 17.6 Å². The molecule has 0 bridgehead atoms. The quantitative estimate of drug-likeness (QED) is 0.827. The van der Waals surface area contributed by atoms with Crippen molar-refractivity contribution >= 4 is 12.4 Å². The highest BCUT2D eigenvalue weighted by molar-refractivity contribution is 5.85. The van der Waals surface area contributed by atoms with Gasteiger partial charge < -0.3 is 14.9 Å². The lowest BCUT2D eigenvalue weighted by molar-refractivity contribution is 0.227. The largest absolute Gasteiger partial charge is 0.489 e. The Morgan fingerprint density at radius 2 is 2.21 bits per heavy atom. The van der Waals surface area contributed by atoms with Gasteiger partial charge in [0.15, 0.2) is 0 Å². The molecule has 0 saturated heterocycles. The van der Waals surface area contributed by atoms with Gasteiger partial charge in [0.2, 0.25) is 0 Å². The van der Waals surface area contributed by atoms with Crippen LogP contribution in [-0.4, -0.2) is 12.6 Å². The SMILES string of the molecule is Cc1cc(OC(C)CN)cc(=O)o1.Cl. The Labute approximate surface area is 88.5 Å². The average molecular weight is 220 g/mol. The van der Waals surface area contributed by atoms with Crippen LogP contribution in [0.4, 0.5) is 0 Å². The maximum absolute atomic E-state index is 10.9. The van der Waals surface area contributed by atoms with Crippen LogP contribution in [0.3, 0.4) is 0 Å². The molecule has 0 amide bonds. The summed E-state index contributed by atoms with van der Waals surface area (Å²) in [5.41, 5.74) is 4.97. The van der Waals surface area contributed by atoms with Crippen LogP contribution in [0.25, 0.3) is 0 Å². The third-order valence-electron chi connectivity index (χ3n) is 1.54. The smallest absolute Gasteiger partial charge is 0.339 e. The molecule has 5 heteroatoms. The lowest BCUT2D eigenvalue weighted by Crippen LogP contribution is -2.23. The number of ether oxygens (including phenoxy) is 1. The first kappa shape index (κ1) is 13.0. The van der Waals surface area contributed by atoms with E-state index in [1.807, 2.05) is 6.92 Å². The van der Waals surface area contributed by atoms with E-state index < -0.39 is 5.63 Å². The van der Waals surface area contributed by atoms with E-state index in [2.05, 4.69) is 0 Å². The van der Waals surface area contributed by atoms with Gasteiger partial charge >= 0.3 is 5.63 Å². The van der Waals surface area contributed by atoms with Gasteiger partial charge in [0.05, 0.1) is 6.07 Å². The second-order valence-corrected chi connectivity index (χ2v) is 2.89. The van der Waals surface area contributed by atoms with Crippen LogP contribution < -0.4 is 16.1 Å². The molecule has 0 aliphatic rings. The zero-order chi connectivity index (χ0) is 9.84. The standard InChI is InChI=1S/C9H13NO3.ClH/c1-6-3-8(4-9(11)13-6)12-7(2)5-10;/h3-4,7H,5,10H2,1-2H3;1H. The minimum atomic E-state index is -0.403. The molecule has 0 saturated carbocycles. The fourth-order valence-electron chi connectivity index (χ4n) is 0.924. The summed E-state index contributed by atoms with van der Waals surface area (Å²) in [6.45, 7) is 3.95. The Kier molecular flexibility index (Phi) is 5.27. The average Bonchev–Trinajstić information content (AvgIpc) is 2.02. The molecule has 4 nitrogen and oxygen atoms in total. The van der Waals surface area contributed by atoms with Crippen molar-refractivity contribution in [2.45, 2.75) is 20.0 Å². The normalized spacial score (nSPS) is 11.6. The van der Waals surface area contributed by atoms with Gasteiger partial charge in [-0.3, -0.25) is 0 Å². The Morgan fingerprint density at radius 1 is 1.57 bits per heavy atom. The van der Waals surface area contributed by atoms with Crippen LogP contribution in [0.2, 0.25) is 0 Å². The fraction of sp³-hybridized carbons (Fsp3) is 0.444.